The van der Waals surface area contributed by atoms with Gasteiger partial charge >= 0.3 is 0 Å². The minimum Gasteiger partial charge on any atom is -0.398 e. The molecule has 0 aromatic carbocycles. The Morgan fingerprint density at radius 1 is 1.40 bits per heavy atom. The first-order valence-electron chi connectivity index (χ1n) is 3.34. The van der Waals surface area contributed by atoms with Crippen LogP contribution in [-0.2, 0) is 0 Å². The van der Waals surface area contributed by atoms with Crippen LogP contribution in [0.3, 0.4) is 0 Å². The van der Waals surface area contributed by atoms with Gasteiger partial charge in [0.2, 0.25) is 0 Å². The molecule has 1 nitrogen and oxygen atoms in total. The molecule has 0 unspecified atom stereocenters. The molecule has 0 aromatic heterocycles. The Hall–Kier alpha value is -0.980. The Bertz CT molecular complexity index is 185. The van der Waals surface area contributed by atoms with Crippen molar-refractivity contribution in [1.82, 2.24) is 0 Å². The first-order valence-corrected chi connectivity index (χ1v) is 3.34. The van der Waals surface area contributed by atoms with Crippen molar-refractivity contribution in [2.24, 2.45) is 5.73 Å². The molecule has 10 heavy (non-hydrogen) atoms. The van der Waals surface area contributed by atoms with Gasteiger partial charge in [-0.2, -0.15) is 0 Å². The first kappa shape index (κ1) is 9.02. The Labute approximate surface area is 62.9 Å². The summed E-state index contributed by atoms with van der Waals surface area (Å²) in [5, 5.41) is 0. The van der Waals surface area contributed by atoms with E-state index in [0.717, 1.165) is 16.8 Å². The lowest BCUT2D eigenvalue weighted by molar-refractivity contribution is 1.24. The van der Waals surface area contributed by atoms with Crippen LogP contribution < -0.4 is 5.73 Å². The van der Waals surface area contributed by atoms with Gasteiger partial charge in [0.1, 0.15) is 0 Å². The van der Waals surface area contributed by atoms with Crippen LogP contribution in [0.1, 0.15) is 20.8 Å². The van der Waals surface area contributed by atoms with Crippen LogP contribution in [0.5, 0.6) is 0 Å². The van der Waals surface area contributed by atoms with E-state index in [2.05, 4.69) is 6.58 Å². The molecule has 0 aliphatic rings. The van der Waals surface area contributed by atoms with Gasteiger partial charge in [-0.3, -0.25) is 0 Å². The fourth-order valence-electron chi connectivity index (χ4n) is 0.676. The van der Waals surface area contributed by atoms with Crippen LogP contribution >= 0.6 is 0 Å². The second-order valence-electron chi connectivity index (χ2n) is 2.38. The van der Waals surface area contributed by atoms with E-state index < -0.39 is 0 Å². The van der Waals surface area contributed by atoms with Gasteiger partial charge in [0, 0.05) is 5.70 Å². The molecule has 0 bridgehead atoms. The molecule has 0 radical (unpaired) electrons. The van der Waals surface area contributed by atoms with Gasteiger partial charge in [-0.1, -0.05) is 18.7 Å². The van der Waals surface area contributed by atoms with Gasteiger partial charge in [-0.15, -0.1) is 0 Å². The first-order chi connectivity index (χ1) is 4.59. The summed E-state index contributed by atoms with van der Waals surface area (Å²) in [4.78, 5) is 0. The van der Waals surface area contributed by atoms with Crippen molar-refractivity contribution in [3.8, 4) is 0 Å². The summed E-state index contributed by atoms with van der Waals surface area (Å²) in [6, 6.07) is 0. The van der Waals surface area contributed by atoms with Crippen LogP contribution in [0, 0.1) is 0 Å². The third-order valence-corrected chi connectivity index (χ3v) is 1.30. The average Bonchev–Trinajstić information content (AvgIpc) is 1.87. The van der Waals surface area contributed by atoms with Gasteiger partial charge in [0.25, 0.3) is 0 Å². The number of rotatable bonds is 2. The quantitative estimate of drug-likeness (QED) is 0.581. The van der Waals surface area contributed by atoms with E-state index in [1.54, 1.807) is 0 Å². The van der Waals surface area contributed by atoms with E-state index in [-0.39, 0.29) is 0 Å². The Morgan fingerprint density at radius 2 is 1.90 bits per heavy atom. The molecule has 0 atom stereocenters. The molecule has 0 amide bonds. The summed E-state index contributed by atoms with van der Waals surface area (Å²) in [7, 11) is 0. The van der Waals surface area contributed by atoms with Crippen LogP contribution in [-0.4, -0.2) is 0 Å². The second kappa shape index (κ2) is 3.94. The maximum atomic E-state index is 5.67. The predicted octanol–water partition coefficient (Wildman–Crippen LogP) is 2.37. The molecule has 0 fully saturated rings. The minimum absolute atomic E-state index is 0.790. The fraction of sp³-hybridized carbons (Fsp3) is 0.333. The predicted molar refractivity (Wildman–Crippen MR) is 46.5 cm³/mol. The lowest BCUT2D eigenvalue weighted by atomic mass is 10.1. The molecule has 0 heterocycles. The molecule has 0 aromatic rings. The SMILES string of the molecule is C=C(C)/C(N)=C(C)\C=C/C. The lowest BCUT2D eigenvalue weighted by Gasteiger charge is -2.01. The van der Waals surface area contributed by atoms with Crippen LogP contribution in [0.15, 0.2) is 35.6 Å². The zero-order valence-corrected chi connectivity index (χ0v) is 6.94. The third-order valence-electron chi connectivity index (χ3n) is 1.30. The highest BCUT2D eigenvalue weighted by Gasteiger charge is 1.92. The number of hydrogen-bond donors (Lipinski definition) is 1. The van der Waals surface area contributed by atoms with Gasteiger partial charge in [0.15, 0.2) is 0 Å². The zero-order valence-electron chi connectivity index (χ0n) is 6.94. The van der Waals surface area contributed by atoms with Crippen molar-refractivity contribution in [3.05, 3.63) is 35.6 Å². The van der Waals surface area contributed by atoms with Gasteiger partial charge in [-0.05, 0) is 31.9 Å². The highest BCUT2D eigenvalue weighted by molar-refractivity contribution is 5.33. The fourth-order valence-corrected chi connectivity index (χ4v) is 0.676. The van der Waals surface area contributed by atoms with E-state index in [1.165, 1.54) is 0 Å². The van der Waals surface area contributed by atoms with Crippen molar-refractivity contribution in [2.45, 2.75) is 20.8 Å². The van der Waals surface area contributed by atoms with Crippen molar-refractivity contribution < 1.29 is 0 Å². The summed E-state index contributed by atoms with van der Waals surface area (Å²) in [6.07, 6.45) is 3.94. The number of allylic oxidation sites excluding steroid dienone is 4. The highest BCUT2D eigenvalue weighted by atomic mass is 14.6. The Morgan fingerprint density at radius 3 is 2.20 bits per heavy atom. The second-order valence-corrected chi connectivity index (χ2v) is 2.38. The van der Waals surface area contributed by atoms with E-state index in [1.807, 2.05) is 32.9 Å². The molecule has 2 N–H and O–H groups in total. The molecule has 0 saturated heterocycles. The summed E-state index contributed by atoms with van der Waals surface area (Å²) >= 11 is 0. The molecular formula is C9H15N. The zero-order chi connectivity index (χ0) is 8.15. The van der Waals surface area contributed by atoms with Crippen LogP contribution in [0.25, 0.3) is 0 Å². The molecular weight excluding hydrogens is 122 g/mol. The van der Waals surface area contributed by atoms with E-state index in [4.69, 9.17) is 5.73 Å². The largest absolute Gasteiger partial charge is 0.398 e. The average molecular weight is 137 g/mol. The van der Waals surface area contributed by atoms with Crippen molar-refractivity contribution in [1.29, 1.82) is 0 Å². The molecule has 0 rings (SSSR count). The van der Waals surface area contributed by atoms with E-state index >= 15 is 0 Å². The summed E-state index contributed by atoms with van der Waals surface area (Å²) in [6.45, 7) is 9.59. The topological polar surface area (TPSA) is 26.0 Å². The molecule has 1 heteroatoms. The van der Waals surface area contributed by atoms with E-state index in [0.29, 0.717) is 0 Å². The van der Waals surface area contributed by atoms with Crippen LogP contribution in [0.4, 0.5) is 0 Å². The summed E-state index contributed by atoms with van der Waals surface area (Å²) in [5.74, 6) is 0. The molecule has 56 valence electrons. The third kappa shape index (κ3) is 2.53. The standard InChI is InChI=1S/C9H15N/c1-5-6-8(4)9(10)7(2)3/h5-6H,2,10H2,1,3-4H3/b6-5-,9-8+. The van der Waals surface area contributed by atoms with Gasteiger partial charge in [0.05, 0.1) is 0 Å². The van der Waals surface area contributed by atoms with Crippen LogP contribution in [0.2, 0.25) is 0 Å². The summed E-state index contributed by atoms with van der Waals surface area (Å²) in [5.41, 5.74) is 8.47. The number of hydrogen-bond acceptors (Lipinski definition) is 1. The molecule has 0 aliphatic carbocycles. The lowest BCUT2D eigenvalue weighted by Crippen LogP contribution is -1.99. The minimum atomic E-state index is 0.790. The Balaban J connectivity index is 4.50. The maximum Gasteiger partial charge on any atom is 0.0367 e. The molecule has 0 spiro atoms. The maximum absolute atomic E-state index is 5.67. The number of nitrogens with two attached hydrogens (primary N) is 1. The molecule has 0 aliphatic heterocycles. The summed E-state index contributed by atoms with van der Waals surface area (Å²) < 4.78 is 0. The normalized spacial score (nSPS) is 13.5. The smallest absolute Gasteiger partial charge is 0.0367 e. The van der Waals surface area contributed by atoms with E-state index in [9.17, 15) is 0 Å². The highest BCUT2D eigenvalue weighted by Crippen LogP contribution is 2.06. The van der Waals surface area contributed by atoms with Gasteiger partial charge < -0.3 is 5.73 Å². The van der Waals surface area contributed by atoms with Crippen molar-refractivity contribution in [3.63, 3.8) is 0 Å². The van der Waals surface area contributed by atoms with Crippen molar-refractivity contribution in [2.75, 3.05) is 0 Å². The Kier molecular flexibility index (Phi) is 3.55. The monoisotopic (exact) mass is 137 g/mol. The van der Waals surface area contributed by atoms with Crippen molar-refractivity contribution >= 4 is 0 Å². The van der Waals surface area contributed by atoms with Gasteiger partial charge in [-0.25, -0.2) is 0 Å². The molecule has 0 saturated carbocycles.